The summed E-state index contributed by atoms with van der Waals surface area (Å²) in [7, 11) is 0. The highest BCUT2D eigenvalue weighted by atomic mass is 16.5. The monoisotopic (exact) mass is 1940 g/mol. The molecule has 0 aliphatic carbocycles. The highest BCUT2D eigenvalue weighted by Gasteiger charge is 2.20. The van der Waals surface area contributed by atoms with Gasteiger partial charge in [0.1, 0.15) is 57.5 Å². The van der Waals surface area contributed by atoms with E-state index in [9.17, 15) is 0 Å². The van der Waals surface area contributed by atoms with Crippen molar-refractivity contribution in [1.82, 2.24) is 0 Å². The summed E-state index contributed by atoms with van der Waals surface area (Å²) >= 11 is 0. The minimum atomic E-state index is 0.562. The summed E-state index contributed by atoms with van der Waals surface area (Å²) in [6.45, 7) is 28.4. The maximum absolute atomic E-state index is 7.09. The van der Waals surface area contributed by atoms with Gasteiger partial charge in [-0.2, -0.15) is 0 Å². The molecule has 0 amide bonds. The van der Waals surface area contributed by atoms with Crippen LogP contribution in [0.3, 0.4) is 0 Å². The van der Waals surface area contributed by atoms with Crippen LogP contribution in [0.1, 0.15) is 426 Å². The highest BCUT2D eigenvalue weighted by Crippen LogP contribution is 2.42. The summed E-state index contributed by atoms with van der Waals surface area (Å²) < 4.78 is 70.0. The van der Waals surface area contributed by atoms with Gasteiger partial charge in [0.2, 0.25) is 0 Å². The molecular formula is C134H174O10. The van der Waals surface area contributed by atoms with Gasteiger partial charge in [-0.3, -0.25) is 0 Å². The van der Waals surface area contributed by atoms with E-state index in [2.05, 4.69) is 312 Å². The van der Waals surface area contributed by atoms with Crippen molar-refractivity contribution in [2.75, 3.05) is 66.1 Å². The number of unbranched alkanes of at least 4 members (excludes halogenated alkanes) is 30. The van der Waals surface area contributed by atoms with Gasteiger partial charge in [0.15, 0.2) is 0 Å². The van der Waals surface area contributed by atoms with Crippen LogP contribution in [0.4, 0.5) is 0 Å². The van der Waals surface area contributed by atoms with E-state index in [0.717, 1.165) is 402 Å². The van der Waals surface area contributed by atoms with Gasteiger partial charge in [-0.25, -0.2) is 0 Å². The fraction of sp³-hybridized carbons (Fsp3) is 0.448. The first-order valence-corrected chi connectivity index (χ1v) is 55.9. The normalized spacial score (nSPS) is 11.7. The van der Waals surface area contributed by atoms with Gasteiger partial charge < -0.3 is 47.4 Å². The Morgan fingerprint density at radius 1 is 0.153 bits per heavy atom. The lowest BCUT2D eigenvalue weighted by Crippen LogP contribution is -2.04. The molecule has 0 bridgehead atoms. The molecule has 9 aromatic carbocycles. The Morgan fingerprint density at radius 3 is 0.382 bits per heavy atom. The molecule has 0 aliphatic heterocycles. The first-order chi connectivity index (χ1) is 70.9. The molecule has 770 valence electrons. The molecule has 0 atom stereocenters. The minimum absolute atomic E-state index is 0.562. The number of benzene rings is 9. The smallest absolute Gasteiger partial charge is 0.127 e. The predicted octanol–water partition coefficient (Wildman–Crippen LogP) is 38.6. The molecule has 0 N–H and O–H groups in total. The topological polar surface area (TPSA) is 92.3 Å². The van der Waals surface area contributed by atoms with Crippen LogP contribution in [-0.4, -0.2) is 66.1 Å². The number of hydrogen-bond donors (Lipinski definition) is 0. The molecular weight excluding hydrogens is 1770 g/mol. The van der Waals surface area contributed by atoms with Gasteiger partial charge >= 0.3 is 0 Å². The van der Waals surface area contributed by atoms with Crippen molar-refractivity contribution >= 4 is 97.2 Å². The second-order valence-corrected chi connectivity index (χ2v) is 38.3. The predicted molar refractivity (Wildman–Crippen MR) is 622 cm³/mol. The average Bonchev–Trinajstić information content (AvgIpc) is 0.789. The number of ether oxygens (including phenoxy) is 10. The third kappa shape index (κ3) is 43.9. The van der Waals surface area contributed by atoms with Gasteiger partial charge in [-0.05, 0) is 183 Å². The maximum atomic E-state index is 7.09. The Morgan fingerprint density at radius 2 is 0.264 bits per heavy atom. The van der Waals surface area contributed by atoms with E-state index >= 15 is 0 Å². The fourth-order valence-corrected chi connectivity index (χ4v) is 16.9. The molecule has 9 rings (SSSR count). The number of rotatable bonds is 76. The van der Waals surface area contributed by atoms with Gasteiger partial charge in [0.05, 0.1) is 66.1 Å². The van der Waals surface area contributed by atoms with Crippen molar-refractivity contribution in [2.24, 2.45) is 0 Å². The summed E-state index contributed by atoms with van der Waals surface area (Å²) in [4.78, 5) is 0. The third-order valence-corrected chi connectivity index (χ3v) is 25.9. The Kier molecular flexibility index (Phi) is 57.4. The van der Waals surface area contributed by atoms with Crippen LogP contribution in [0, 0.1) is 24.7 Å². The fourth-order valence-electron chi connectivity index (χ4n) is 16.9. The standard InChI is InChI=1S/C134H174O10/c1-13-25-35-45-87-135-125-99-117(127(137-89-47-37-27-15-3)97-115(125)77-75-113-71-67-111(68-72-113)65-63-109-59-55-107(23-11)56-60-109)79-81-119-101-131(141-93-51-41-31-19-7)121(103-129(119)139-91-49-39-29-17-5)83-85-123-105-134(144-96-54-44-34-22-10)124(106-133(123)143-95-53-43-33-21-9)86-84-122-104-130(140-92-50-40-30-18-6)120(102-132(122)142-94-52-42-32-20-8)82-80-118-100-126(136-88-46-36-26-14-2)116(98-128(118)138-90-48-38-28-16-4)78-76-114-73-69-112(70-74-114)66-64-110-61-57-108(24-12)58-62-110/h11-12,55-86,97-106H,13-22,25-54,87-96H2,1-10H3/b65-63+,66-64+,77-75+,78-76+,81-79+,82-80+,85-83+,86-84+. The molecule has 0 heterocycles. The molecule has 0 saturated carbocycles. The lowest BCUT2D eigenvalue weighted by atomic mass is 10.0. The van der Waals surface area contributed by atoms with E-state index in [0.29, 0.717) is 66.1 Å². The van der Waals surface area contributed by atoms with Crippen LogP contribution < -0.4 is 47.4 Å². The van der Waals surface area contributed by atoms with Crippen molar-refractivity contribution in [3.63, 3.8) is 0 Å². The lowest BCUT2D eigenvalue weighted by molar-refractivity contribution is 0.295. The lowest BCUT2D eigenvalue weighted by Gasteiger charge is -2.18. The molecule has 0 aromatic heterocycles. The van der Waals surface area contributed by atoms with Crippen LogP contribution >= 0.6 is 0 Å². The summed E-state index contributed by atoms with van der Waals surface area (Å²) in [6.07, 6.45) is 89.2. The van der Waals surface area contributed by atoms with Crippen molar-refractivity contribution < 1.29 is 47.4 Å². The van der Waals surface area contributed by atoms with Crippen molar-refractivity contribution in [1.29, 1.82) is 0 Å². The largest absolute Gasteiger partial charge is 0.493 e. The zero-order valence-electron chi connectivity index (χ0n) is 89.8. The molecule has 9 aromatic rings. The van der Waals surface area contributed by atoms with Gasteiger partial charge in [-0.15, -0.1) is 12.8 Å². The van der Waals surface area contributed by atoms with E-state index in [1.165, 1.54) is 12.8 Å². The first kappa shape index (κ1) is 116. The Balaban J connectivity index is 1.16. The number of terminal acetylenes is 2. The van der Waals surface area contributed by atoms with Crippen LogP contribution in [-0.2, 0) is 0 Å². The average molecular weight is 1940 g/mol. The van der Waals surface area contributed by atoms with Crippen LogP contribution in [0.2, 0.25) is 0 Å². The number of hydrogen-bond acceptors (Lipinski definition) is 10. The summed E-state index contributed by atoms with van der Waals surface area (Å²) in [5, 5.41) is 0. The Labute approximate surface area is 871 Å². The molecule has 10 nitrogen and oxygen atoms in total. The molecule has 0 unspecified atom stereocenters. The van der Waals surface area contributed by atoms with E-state index in [-0.39, 0.29) is 0 Å². The van der Waals surface area contributed by atoms with Crippen LogP contribution in [0.25, 0.3) is 97.2 Å². The quantitative estimate of drug-likeness (QED) is 0.0208. The molecule has 144 heavy (non-hydrogen) atoms. The molecule has 0 radical (unpaired) electrons. The SMILES string of the molecule is C#Cc1ccc(/C=C/c2ccc(/C=C/c3cc(OCCCCCC)c(/C=C/c4cc(OCCCCCC)c(/C=C/c5cc(OCCCCCC)c(/C=C/c6cc(OCCCCCC)c(/C=C/c7cc(OCCCCCC)c(/C=C/c8ccc(/C=C/c9ccc(C#C)cc9)cc8)cc7OCCCCCC)cc6OCCCCCC)cc5OCCCCCC)cc4OCCCCCC)cc3OCCCCCC)cc2)cc1. The van der Waals surface area contributed by atoms with Crippen LogP contribution in [0.5, 0.6) is 57.5 Å². The first-order valence-electron chi connectivity index (χ1n) is 55.9. The Bertz CT molecular complexity index is 5110. The summed E-state index contributed by atoms with van der Waals surface area (Å²) in [5.41, 5.74) is 17.6. The molecule has 0 spiro atoms. The van der Waals surface area contributed by atoms with Crippen molar-refractivity contribution in [3.05, 3.63) is 258 Å². The van der Waals surface area contributed by atoms with E-state index in [1.807, 2.05) is 24.3 Å². The second-order valence-electron chi connectivity index (χ2n) is 38.3. The molecule has 10 heteroatoms. The van der Waals surface area contributed by atoms with Gasteiger partial charge in [0.25, 0.3) is 0 Å². The van der Waals surface area contributed by atoms with Gasteiger partial charge in [-0.1, -0.05) is 444 Å². The molecule has 0 aliphatic rings. The maximum Gasteiger partial charge on any atom is 0.127 e. The van der Waals surface area contributed by atoms with Crippen molar-refractivity contribution in [3.8, 4) is 82.2 Å². The highest BCUT2D eigenvalue weighted by molar-refractivity contribution is 5.87. The van der Waals surface area contributed by atoms with Gasteiger partial charge in [0, 0.05) is 66.8 Å². The summed E-state index contributed by atoms with van der Waals surface area (Å²) in [5.74, 6) is 13.3. The Hall–Kier alpha value is -12.0. The van der Waals surface area contributed by atoms with E-state index in [1.54, 1.807) is 0 Å². The zero-order valence-corrected chi connectivity index (χ0v) is 89.8. The van der Waals surface area contributed by atoms with Crippen LogP contribution in [0.15, 0.2) is 158 Å². The zero-order chi connectivity index (χ0) is 102. The second kappa shape index (κ2) is 71.5. The molecule has 0 saturated heterocycles. The third-order valence-electron chi connectivity index (χ3n) is 25.9. The van der Waals surface area contributed by atoms with E-state index < -0.39 is 0 Å². The minimum Gasteiger partial charge on any atom is -0.493 e. The van der Waals surface area contributed by atoms with E-state index in [4.69, 9.17) is 60.2 Å². The van der Waals surface area contributed by atoms with Crippen molar-refractivity contribution in [2.45, 2.75) is 326 Å². The summed E-state index contributed by atoms with van der Waals surface area (Å²) in [6, 6.07) is 55.3. The molecule has 0 fully saturated rings.